The van der Waals surface area contributed by atoms with Crippen LogP contribution in [0.1, 0.15) is 44.2 Å². The minimum absolute atomic E-state index is 0.0910. The van der Waals surface area contributed by atoms with Gasteiger partial charge in [-0.1, -0.05) is 68.8 Å². The molecule has 0 heterocycles. The van der Waals surface area contributed by atoms with Gasteiger partial charge in [0.2, 0.25) is 11.6 Å². The van der Waals surface area contributed by atoms with Gasteiger partial charge in [-0.05, 0) is 53.6 Å². The summed E-state index contributed by atoms with van der Waals surface area (Å²) >= 11 is 0. The van der Waals surface area contributed by atoms with Crippen molar-refractivity contribution in [2.75, 3.05) is 6.61 Å². The summed E-state index contributed by atoms with van der Waals surface area (Å²) < 4.78 is 39.0. The Bertz CT molecular complexity index is 934. The summed E-state index contributed by atoms with van der Waals surface area (Å²) in [6.45, 7) is 4.59. The van der Waals surface area contributed by atoms with E-state index in [1.807, 2.05) is 31.2 Å². The Morgan fingerprint density at radius 3 is 1.70 bits per heavy atom. The smallest absolute Gasteiger partial charge is 0.204 e. The van der Waals surface area contributed by atoms with Crippen LogP contribution in [0.25, 0.3) is 11.1 Å². The second kappa shape index (κ2) is 10.8. The first kappa shape index (κ1) is 21.8. The van der Waals surface area contributed by atoms with Crippen LogP contribution in [0.15, 0.2) is 60.7 Å². The average Bonchev–Trinajstić information content (AvgIpc) is 2.79. The van der Waals surface area contributed by atoms with E-state index in [0.717, 1.165) is 29.5 Å². The lowest BCUT2D eigenvalue weighted by molar-refractivity contribution is 0.269. The van der Waals surface area contributed by atoms with Gasteiger partial charge in [-0.2, -0.15) is 8.78 Å². The van der Waals surface area contributed by atoms with Gasteiger partial charge in [0.25, 0.3) is 0 Å². The molecule has 0 aliphatic rings. The van der Waals surface area contributed by atoms with Gasteiger partial charge in [0.05, 0.1) is 6.61 Å². The van der Waals surface area contributed by atoms with Crippen LogP contribution in [-0.4, -0.2) is 6.61 Å². The first-order valence-corrected chi connectivity index (χ1v) is 10.5. The Hall–Kier alpha value is -2.88. The Morgan fingerprint density at radius 1 is 0.633 bits per heavy atom. The lowest BCUT2D eigenvalue weighted by Crippen LogP contribution is -2.02. The molecule has 0 saturated carbocycles. The predicted molar refractivity (Wildman–Crippen MR) is 117 cm³/mol. The molecule has 0 amide bonds. The highest BCUT2D eigenvalue weighted by Gasteiger charge is 2.15. The second-order valence-corrected chi connectivity index (χ2v) is 7.32. The minimum Gasteiger partial charge on any atom is -0.490 e. The van der Waals surface area contributed by atoms with Crippen molar-refractivity contribution in [2.24, 2.45) is 0 Å². The summed E-state index contributed by atoms with van der Waals surface area (Å²) in [5.41, 5.74) is 4.49. The number of hydrogen-bond donors (Lipinski definition) is 0. The molecule has 30 heavy (non-hydrogen) atoms. The monoisotopic (exact) mass is 410 g/mol. The molecule has 0 bridgehead atoms. The van der Waals surface area contributed by atoms with Gasteiger partial charge in [-0.25, -0.2) is 0 Å². The maximum absolute atomic E-state index is 14.2. The molecule has 0 saturated heterocycles. The fraction of sp³-hybridized carbons (Fsp3) is 0.308. The molecular weight excluding hydrogens is 382 g/mol. The predicted octanol–water partition coefficient (Wildman–Crippen LogP) is 7.34. The van der Waals surface area contributed by atoms with Gasteiger partial charge >= 0.3 is 0 Å². The quantitative estimate of drug-likeness (QED) is 0.348. The van der Waals surface area contributed by atoms with Crippen molar-refractivity contribution < 1.29 is 18.3 Å². The molecule has 0 radical (unpaired) electrons. The summed E-state index contributed by atoms with van der Waals surface area (Å²) in [6, 6.07) is 19.3. The van der Waals surface area contributed by atoms with Crippen LogP contribution in [0, 0.1) is 11.6 Å². The molecule has 2 nitrogen and oxygen atoms in total. The first-order valence-electron chi connectivity index (χ1n) is 10.5. The maximum Gasteiger partial charge on any atom is 0.204 e. The first-order chi connectivity index (χ1) is 14.6. The van der Waals surface area contributed by atoms with Crippen molar-refractivity contribution >= 4 is 0 Å². The molecular formula is C26H28F2O2. The van der Waals surface area contributed by atoms with Crippen LogP contribution < -0.4 is 9.47 Å². The van der Waals surface area contributed by atoms with E-state index in [9.17, 15) is 8.78 Å². The molecule has 0 atom stereocenters. The molecule has 0 aromatic heterocycles. The zero-order chi connectivity index (χ0) is 21.3. The second-order valence-electron chi connectivity index (χ2n) is 7.32. The topological polar surface area (TPSA) is 18.5 Å². The van der Waals surface area contributed by atoms with Crippen LogP contribution in [0.2, 0.25) is 0 Å². The van der Waals surface area contributed by atoms with Crippen LogP contribution in [0.5, 0.6) is 11.5 Å². The fourth-order valence-electron chi connectivity index (χ4n) is 3.15. The minimum atomic E-state index is -1.02. The Morgan fingerprint density at radius 2 is 1.17 bits per heavy atom. The number of hydrogen-bond acceptors (Lipinski definition) is 2. The third-order valence-corrected chi connectivity index (χ3v) is 4.93. The van der Waals surface area contributed by atoms with E-state index in [4.69, 9.17) is 9.47 Å². The van der Waals surface area contributed by atoms with E-state index in [0.29, 0.717) is 6.61 Å². The van der Waals surface area contributed by atoms with Crippen molar-refractivity contribution in [3.63, 3.8) is 0 Å². The van der Waals surface area contributed by atoms with E-state index < -0.39 is 11.6 Å². The molecule has 0 N–H and O–H groups in total. The van der Waals surface area contributed by atoms with E-state index in [2.05, 4.69) is 31.2 Å². The molecule has 0 aliphatic heterocycles. The molecule has 158 valence electrons. The molecule has 0 spiro atoms. The van der Waals surface area contributed by atoms with Crippen molar-refractivity contribution in [3.8, 4) is 22.6 Å². The molecule has 3 aromatic rings. The van der Waals surface area contributed by atoms with Crippen LogP contribution >= 0.6 is 0 Å². The number of unbranched alkanes of at least 4 members (excludes halogenated alkanes) is 1. The summed E-state index contributed by atoms with van der Waals surface area (Å²) in [5.74, 6) is -2.25. The van der Waals surface area contributed by atoms with E-state index in [1.165, 1.54) is 30.5 Å². The number of aryl methyl sites for hydroxylation is 1. The number of halogens is 2. The Labute approximate surface area is 177 Å². The third-order valence-electron chi connectivity index (χ3n) is 4.93. The molecule has 0 fully saturated rings. The van der Waals surface area contributed by atoms with Crippen molar-refractivity contribution in [1.82, 2.24) is 0 Å². The van der Waals surface area contributed by atoms with Crippen molar-refractivity contribution in [2.45, 2.75) is 46.1 Å². The summed E-state index contributed by atoms with van der Waals surface area (Å²) in [7, 11) is 0. The highest BCUT2D eigenvalue weighted by atomic mass is 19.2. The maximum atomic E-state index is 14.2. The van der Waals surface area contributed by atoms with Crippen LogP contribution in [0.3, 0.4) is 0 Å². The summed E-state index contributed by atoms with van der Waals surface area (Å²) in [5, 5.41) is 0. The largest absolute Gasteiger partial charge is 0.490 e. The van der Waals surface area contributed by atoms with Gasteiger partial charge in [-0.3, -0.25) is 0 Å². The molecule has 0 unspecified atom stereocenters. The van der Waals surface area contributed by atoms with Gasteiger partial charge in [-0.15, -0.1) is 0 Å². The van der Waals surface area contributed by atoms with Gasteiger partial charge in [0.15, 0.2) is 11.5 Å². The Kier molecular flexibility index (Phi) is 7.83. The average molecular weight is 411 g/mol. The van der Waals surface area contributed by atoms with Crippen molar-refractivity contribution in [3.05, 3.63) is 83.4 Å². The highest BCUT2D eigenvalue weighted by molar-refractivity contribution is 5.64. The highest BCUT2D eigenvalue weighted by Crippen LogP contribution is 2.28. The zero-order valence-electron chi connectivity index (χ0n) is 17.6. The summed E-state index contributed by atoms with van der Waals surface area (Å²) in [6.07, 6.45) is 4.22. The van der Waals surface area contributed by atoms with E-state index in [1.54, 1.807) is 0 Å². The number of rotatable bonds is 10. The molecule has 4 heteroatoms. The van der Waals surface area contributed by atoms with Crippen molar-refractivity contribution in [1.29, 1.82) is 0 Å². The fourth-order valence-corrected chi connectivity index (χ4v) is 3.15. The lowest BCUT2D eigenvalue weighted by Gasteiger charge is -2.11. The molecule has 3 aromatic carbocycles. The summed E-state index contributed by atoms with van der Waals surface area (Å²) in [4.78, 5) is 0. The number of benzene rings is 3. The zero-order valence-corrected chi connectivity index (χ0v) is 17.6. The van der Waals surface area contributed by atoms with E-state index in [-0.39, 0.29) is 18.1 Å². The standard InChI is InChI=1S/C26H28F2O2/c1-3-5-6-19-7-11-21(12-8-19)22-13-9-20(10-14-22)18-30-24-16-15-23(29-17-4-2)25(27)26(24)28/h7-16H,3-6,17-18H2,1-2H3. The van der Waals surface area contributed by atoms with Crippen LogP contribution in [-0.2, 0) is 13.0 Å². The SMILES string of the molecule is CCCCc1ccc(-c2ccc(COc3ccc(OCCC)c(F)c3F)cc2)cc1. The molecule has 3 rings (SSSR count). The van der Waals surface area contributed by atoms with Crippen LogP contribution in [0.4, 0.5) is 8.78 Å². The third kappa shape index (κ3) is 5.59. The lowest BCUT2D eigenvalue weighted by atomic mass is 10.0. The molecule has 0 aliphatic carbocycles. The van der Waals surface area contributed by atoms with Gasteiger partial charge < -0.3 is 9.47 Å². The normalized spacial score (nSPS) is 10.8. The number of ether oxygens (including phenoxy) is 2. The van der Waals surface area contributed by atoms with E-state index >= 15 is 0 Å². The van der Waals surface area contributed by atoms with Gasteiger partial charge in [0.1, 0.15) is 6.61 Å². The Balaban J connectivity index is 1.61. The van der Waals surface area contributed by atoms with Gasteiger partial charge in [0, 0.05) is 0 Å².